The molecule has 12 heavy (non-hydrogen) atoms. The van der Waals surface area contributed by atoms with Crippen molar-refractivity contribution in [3.63, 3.8) is 0 Å². The quantitative estimate of drug-likeness (QED) is 0.453. The van der Waals surface area contributed by atoms with Crippen LogP contribution in [-0.2, 0) is 9.53 Å². The summed E-state index contributed by atoms with van der Waals surface area (Å²) in [6, 6.07) is 0. The predicted octanol–water partition coefficient (Wildman–Crippen LogP) is 0.342. The Bertz CT molecular complexity index is 234. The Hall–Kier alpha value is -0.830. The fourth-order valence-electron chi connectivity index (χ4n) is 2.29. The highest BCUT2D eigenvalue weighted by atomic mass is 16.5. The summed E-state index contributed by atoms with van der Waals surface area (Å²) < 4.78 is 4.67. The number of hydrogen-bond acceptors (Lipinski definition) is 3. The fourth-order valence-corrected chi connectivity index (χ4v) is 2.29. The summed E-state index contributed by atoms with van der Waals surface area (Å²) in [4.78, 5) is 11.2. The Kier molecular flexibility index (Phi) is 1.68. The minimum absolute atomic E-state index is 0.00227. The molecule has 1 N–H and O–H groups in total. The molecule has 0 spiro atoms. The van der Waals surface area contributed by atoms with Crippen LogP contribution < -0.4 is 0 Å². The number of ether oxygens (including phenoxy) is 1. The van der Waals surface area contributed by atoms with Gasteiger partial charge in [-0.3, -0.25) is 4.79 Å². The average Bonchev–Trinajstić information content (AvgIpc) is 2.59. The van der Waals surface area contributed by atoms with E-state index in [9.17, 15) is 9.90 Å². The average molecular weight is 168 g/mol. The summed E-state index contributed by atoms with van der Waals surface area (Å²) in [5.74, 6) is -0.101. The molecule has 0 aromatic heterocycles. The zero-order valence-corrected chi connectivity index (χ0v) is 6.93. The van der Waals surface area contributed by atoms with E-state index in [1.54, 1.807) is 0 Å². The van der Waals surface area contributed by atoms with Crippen molar-refractivity contribution in [3.8, 4) is 0 Å². The molecule has 4 unspecified atom stereocenters. The van der Waals surface area contributed by atoms with Crippen LogP contribution in [0.2, 0.25) is 0 Å². The van der Waals surface area contributed by atoms with E-state index in [1.807, 2.05) is 12.2 Å². The van der Waals surface area contributed by atoms with Gasteiger partial charge >= 0.3 is 5.97 Å². The number of fused-ring (bicyclic) bond motifs is 2. The van der Waals surface area contributed by atoms with Crippen molar-refractivity contribution < 1.29 is 14.6 Å². The molecule has 0 amide bonds. The molecule has 4 atom stereocenters. The second-order valence-electron chi connectivity index (χ2n) is 3.48. The highest BCUT2D eigenvalue weighted by Crippen LogP contribution is 2.44. The van der Waals surface area contributed by atoms with Gasteiger partial charge in [0.25, 0.3) is 0 Å². The first-order chi connectivity index (χ1) is 5.74. The van der Waals surface area contributed by atoms with E-state index >= 15 is 0 Å². The van der Waals surface area contributed by atoms with Gasteiger partial charge < -0.3 is 9.84 Å². The van der Waals surface area contributed by atoms with Crippen LogP contribution in [0.4, 0.5) is 0 Å². The maximum absolute atomic E-state index is 11.2. The lowest BCUT2D eigenvalue weighted by atomic mass is 9.96. The molecule has 0 saturated heterocycles. The summed E-state index contributed by atoms with van der Waals surface area (Å²) in [6.07, 6.45) is 4.31. The van der Waals surface area contributed by atoms with Gasteiger partial charge in [-0.15, -0.1) is 0 Å². The van der Waals surface area contributed by atoms with Gasteiger partial charge in [0.1, 0.15) is 0 Å². The summed E-state index contributed by atoms with van der Waals surface area (Å²) in [5.41, 5.74) is 0. The summed E-state index contributed by atoms with van der Waals surface area (Å²) in [7, 11) is 1.40. The van der Waals surface area contributed by atoms with Crippen LogP contribution in [0.25, 0.3) is 0 Å². The Labute approximate surface area is 71.0 Å². The molecular formula is C9H12O3. The maximum atomic E-state index is 11.2. The third-order valence-electron chi connectivity index (χ3n) is 2.89. The van der Waals surface area contributed by atoms with E-state index in [-0.39, 0.29) is 29.8 Å². The van der Waals surface area contributed by atoms with Crippen molar-refractivity contribution in [1.82, 2.24) is 0 Å². The van der Waals surface area contributed by atoms with Crippen molar-refractivity contribution in [1.29, 1.82) is 0 Å². The van der Waals surface area contributed by atoms with E-state index in [2.05, 4.69) is 4.74 Å². The molecule has 0 aromatic carbocycles. The SMILES string of the molecule is COC(=O)C1C2C=CC1C(O)C2. The standard InChI is InChI=1S/C9H12O3/c1-12-9(11)8-5-2-3-6(8)7(10)4-5/h2-3,5-8,10H,4H2,1H3. The van der Waals surface area contributed by atoms with Gasteiger partial charge in [0.05, 0.1) is 19.1 Å². The number of aliphatic hydroxyl groups excluding tert-OH is 1. The Balaban J connectivity index is 2.17. The number of rotatable bonds is 1. The number of allylic oxidation sites excluding steroid dienone is 1. The molecule has 66 valence electrons. The second-order valence-corrected chi connectivity index (χ2v) is 3.48. The molecule has 0 aromatic rings. The van der Waals surface area contributed by atoms with Crippen molar-refractivity contribution in [3.05, 3.63) is 12.2 Å². The Morgan fingerprint density at radius 1 is 1.58 bits per heavy atom. The number of methoxy groups -OCH3 is 1. The number of esters is 1. The predicted molar refractivity (Wildman–Crippen MR) is 42.2 cm³/mol. The van der Waals surface area contributed by atoms with E-state index in [1.165, 1.54) is 7.11 Å². The normalized spacial score (nSPS) is 43.5. The lowest BCUT2D eigenvalue weighted by molar-refractivity contribution is -0.147. The molecule has 0 heterocycles. The fraction of sp³-hybridized carbons (Fsp3) is 0.667. The molecular weight excluding hydrogens is 156 g/mol. The molecule has 0 aliphatic heterocycles. The number of aliphatic hydroxyl groups is 1. The minimum atomic E-state index is -0.343. The van der Waals surface area contributed by atoms with Gasteiger partial charge in [0.2, 0.25) is 0 Å². The molecule has 0 radical (unpaired) electrons. The minimum Gasteiger partial charge on any atom is -0.469 e. The van der Waals surface area contributed by atoms with E-state index in [0.717, 1.165) is 0 Å². The maximum Gasteiger partial charge on any atom is 0.309 e. The topological polar surface area (TPSA) is 46.5 Å². The number of hydrogen-bond donors (Lipinski definition) is 1. The zero-order valence-electron chi connectivity index (χ0n) is 6.93. The molecule has 3 heteroatoms. The van der Waals surface area contributed by atoms with Crippen LogP contribution in [0.3, 0.4) is 0 Å². The highest BCUT2D eigenvalue weighted by Gasteiger charge is 2.48. The van der Waals surface area contributed by atoms with Gasteiger partial charge in [-0.2, -0.15) is 0 Å². The third kappa shape index (κ3) is 0.894. The molecule has 2 rings (SSSR count). The lowest BCUT2D eigenvalue weighted by Gasteiger charge is -2.13. The first kappa shape index (κ1) is 7.80. The molecule has 2 aliphatic rings. The molecule has 2 aliphatic carbocycles. The van der Waals surface area contributed by atoms with E-state index in [0.29, 0.717) is 6.42 Å². The summed E-state index contributed by atoms with van der Waals surface area (Å²) in [5, 5.41) is 9.48. The van der Waals surface area contributed by atoms with Gasteiger partial charge in [0.15, 0.2) is 0 Å². The van der Waals surface area contributed by atoms with Crippen LogP contribution in [-0.4, -0.2) is 24.3 Å². The van der Waals surface area contributed by atoms with Gasteiger partial charge in [0, 0.05) is 5.92 Å². The first-order valence-corrected chi connectivity index (χ1v) is 4.18. The lowest BCUT2D eigenvalue weighted by Crippen LogP contribution is -2.23. The van der Waals surface area contributed by atoms with Gasteiger partial charge in [-0.05, 0) is 12.3 Å². The second kappa shape index (κ2) is 2.59. The first-order valence-electron chi connectivity index (χ1n) is 4.18. The van der Waals surface area contributed by atoms with Crippen LogP contribution in [0.1, 0.15) is 6.42 Å². The van der Waals surface area contributed by atoms with E-state index in [4.69, 9.17) is 0 Å². The highest BCUT2D eigenvalue weighted by molar-refractivity contribution is 5.75. The van der Waals surface area contributed by atoms with Crippen molar-refractivity contribution in [2.45, 2.75) is 12.5 Å². The Morgan fingerprint density at radius 3 is 2.75 bits per heavy atom. The summed E-state index contributed by atoms with van der Waals surface area (Å²) >= 11 is 0. The smallest absolute Gasteiger partial charge is 0.309 e. The zero-order chi connectivity index (χ0) is 8.72. The van der Waals surface area contributed by atoms with Crippen molar-refractivity contribution in [2.75, 3.05) is 7.11 Å². The van der Waals surface area contributed by atoms with Crippen molar-refractivity contribution in [2.24, 2.45) is 17.8 Å². The number of carbonyl (C=O) groups is 1. The van der Waals surface area contributed by atoms with E-state index < -0.39 is 0 Å². The summed E-state index contributed by atoms with van der Waals surface area (Å²) in [6.45, 7) is 0. The number of carbonyl (C=O) groups excluding carboxylic acids is 1. The Morgan fingerprint density at radius 2 is 2.33 bits per heavy atom. The molecule has 2 bridgehead atoms. The van der Waals surface area contributed by atoms with Gasteiger partial charge in [-0.1, -0.05) is 12.2 Å². The van der Waals surface area contributed by atoms with Gasteiger partial charge in [-0.25, -0.2) is 0 Å². The van der Waals surface area contributed by atoms with Crippen LogP contribution in [0.15, 0.2) is 12.2 Å². The van der Waals surface area contributed by atoms with Crippen LogP contribution in [0, 0.1) is 17.8 Å². The molecule has 1 fully saturated rings. The molecule has 3 nitrogen and oxygen atoms in total. The monoisotopic (exact) mass is 168 g/mol. The molecule has 1 saturated carbocycles. The van der Waals surface area contributed by atoms with Crippen LogP contribution in [0.5, 0.6) is 0 Å². The van der Waals surface area contributed by atoms with Crippen molar-refractivity contribution >= 4 is 5.97 Å². The third-order valence-corrected chi connectivity index (χ3v) is 2.89. The largest absolute Gasteiger partial charge is 0.469 e. The van der Waals surface area contributed by atoms with Crippen LogP contribution >= 0.6 is 0 Å².